The fourth-order valence-electron chi connectivity index (χ4n) is 2.27. The van der Waals surface area contributed by atoms with E-state index in [1.165, 1.54) is 25.4 Å². The normalized spacial score (nSPS) is 11.3. The van der Waals surface area contributed by atoms with E-state index in [1.807, 2.05) is 18.2 Å². The van der Waals surface area contributed by atoms with Crippen molar-refractivity contribution in [2.75, 3.05) is 11.8 Å². The van der Waals surface area contributed by atoms with Crippen LogP contribution in [0.15, 0.2) is 65.8 Å². The van der Waals surface area contributed by atoms with Crippen LogP contribution in [0, 0.1) is 0 Å². The van der Waals surface area contributed by atoms with Crippen LogP contribution in [-0.4, -0.2) is 25.3 Å². The first-order valence-electron chi connectivity index (χ1n) is 7.41. The van der Waals surface area contributed by atoms with Crippen molar-refractivity contribution in [3.8, 4) is 5.75 Å². The van der Waals surface area contributed by atoms with Gasteiger partial charge in [-0.05, 0) is 35.9 Å². The molecule has 25 heavy (non-hydrogen) atoms. The molecule has 0 atom stereocenters. The fraction of sp³-hybridized carbons (Fsp3) is 0.118. The number of nitrogens with zero attached hydrogens (tertiary/aromatic N) is 2. The third-order valence-corrected chi connectivity index (χ3v) is 5.31. The molecule has 3 aromatic rings. The molecule has 8 heteroatoms. The molecular formula is C17H16ClN3O3S. The van der Waals surface area contributed by atoms with Crippen molar-refractivity contribution in [1.29, 1.82) is 0 Å². The Labute approximate surface area is 151 Å². The number of hydrogen-bond acceptors (Lipinski definition) is 4. The van der Waals surface area contributed by atoms with E-state index in [9.17, 15) is 8.42 Å². The third-order valence-electron chi connectivity index (χ3n) is 3.55. The van der Waals surface area contributed by atoms with E-state index >= 15 is 0 Å². The van der Waals surface area contributed by atoms with E-state index in [0.29, 0.717) is 23.0 Å². The molecule has 130 valence electrons. The maximum absolute atomic E-state index is 12.4. The number of nitrogens with one attached hydrogen (secondary N) is 1. The number of benzene rings is 2. The Morgan fingerprint density at radius 3 is 2.56 bits per heavy atom. The fourth-order valence-corrected chi connectivity index (χ4v) is 3.50. The van der Waals surface area contributed by atoms with Gasteiger partial charge in [-0.25, -0.2) is 8.42 Å². The summed E-state index contributed by atoms with van der Waals surface area (Å²) in [6.45, 7) is 0.448. The zero-order valence-electron chi connectivity index (χ0n) is 13.4. The van der Waals surface area contributed by atoms with Crippen LogP contribution >= 0.6 is 11.6 Å². The zero-order valence-corrected chi connectivity index (χ0v) is 15.0. The number of sulfonamides is 1. The largest absolute Gasteiger partial charge is 0.497 e. The Hall–Kier alpha value is -2.51. The first-order chi connectivity index (χ1) is 12.0. The molecular weight excluding hydrogens is 362 g/mol. The van der Waals surface area contributed by atoms with E-state index in [2.05, 4.69) is 9.82 Å². The summed E-state index contributed by atoms with van der Waals surface area (Å²) in [5, 5.41) is 4.81. The number of aromatic nitrogens is 2. The molecule has 0 saturated heterocycles. The molecule has 0 fully saturated rings. The van der Waals surface area contributed by atoms with Gasteiger partial charge in [-0.3, -0.25) is 9.40 Å². The number of methoxy groups -OCH3 is 1. The van der Waals surface area contributed by atoms with Gasteiger partial charge in [0, 0.05) is 11.2 Å². The molecule has 1 N–H and O–H groups in total. The molecule has 0 aliphatic rings. The lowest BCUT2D eigenvalue weighted by molar-refractivity contribution is 0.414. The highest BCUT2D eigenvalue weighted by Crippen LogP contribution is 2.20. The molecule has 3 rings (SSSR count). The molecule has 1 aromatic heterocycles. The van der Waals surface area contributed by atoms with Gasteiger partial charge in [0.05, 0.1) is 30.4 Å². The highest BCUT2D eigenvalue weighted by atomic mass is 35.5. The second kappa shape index (κ2) is 7.16. The topological polar surface area (TPSA) is 73.2 Å². The number of ether oxygens (including phenoxy) is 1. The van der Waals surface area contributed by atoms with Crippen LogP contribution in [0.2, 0.25) is 5.02 Å². The van der Waals surface area contributed by atoms with Crippen LogP contribution in [0.4, 0.5) is 5.69 Å². The van der Waals surface area contributed by atoms with Gasteiger partial charge >= 0.3 is 0 Å². The minimum atomic E-state index is -3.69. The number of rotatable bonds is 6. The summed E-state index contributed by atoms with van der Waals surface area (Å²) < 4.78 is 34.0. The van der Waals surface area contributed by atoms with Gasteiger partial charge in [0.1, 0.15) is 5.75 Å². The van der Waals surface area contributed by atoms with E-state index < -0.39 is 10.0 Å². The smallest absolute Gasteiger partial charge is 0.261 e. The zero-order chi connectivity index (χ0) is 17.9. The summed E-state index contributed by atoms with van der Waals surface area (Å²) in [6, 6.07) is 13.6. The average molecular weight is 378 g/mol. The minimum Gasteiger partial charge on any atom is -0.497 e. The highest BCUT2D eigenvalue weighted by molar-refractivity contribution is 7.92. The van der Waals surface area contributed by atoms with Gasteiger partial charge in [0.25, 0.3) is 10.0 Å². The van der Waals surface area contributed by atoms with Crippen molar-refractivity contribution in [1.82, 2.24) is 9.78 Å². The Kier molecular flexibility index (Phi) is 4.96. The van der Waals surface area contributed by atoms with Crippen LogP contribution in [0.3, 0.4) is 0 Å². The monoisotopic (exact) mass is 377 g/mol. The van der Waals surface area contributed by atoms with E-state index in [1.54, 1.807) is 29.1 Å². The first kappa shape index (κ1) is 17.3. The summed E-state index contributed by atoms with van der Waals surface area (Å²) in [5.41, 5.74) is 1.28. The molecule has 0 saturated carbocycles. The van der Waals surface area contributed by atoms with Gasteiger partial charge in [-0.1, -0.05) is 29.8 Å². The summed E-state index contributed by atoms with van der Waals surface area (Å²) in [5.74, 6) is 0.589. The lowest BCUT2D eigenvalue weighted by Gasteiger charge is -2.07. The van der Waals surface area contributed by atoms with Gasteiger partial charge in [-0.2, -0.15) is 5.10 Å². The van der Waals surface area contributed by atoms with Gasteiger partial charge in [-0.15, -0.1) is 0 Å². The Balaban J connectivity index is 1.75. The molecule has 0 spiro atoms. The highest BCUT2D eigenvalue weighted by Gasteiger charge is 2.15. The van der Waals surface area contributed by atoms with Crippen molar-refractivity contribution in [2.45, 2.75) is 11.4 Å². The number of anilines is 1. The quantitative estimate of drug-likeness (QED) is 0.714. The van der Waals surface area contributed by atoms with Crippen LogP contribution in [-0.2, 0) is 16.6 Å². The van der Waals surface area contributed by atoms with E-state index in [0.717, 1.165) is 5.56 Å². The van der Waals surface area contributed by atoms with Crippen LogP contribution in [0.25, 0.3) is 0 Å². The first-order valence-corrected chi connectivity index (χ1v) is 9.27. The van der Waals surface area contributed by atoms with E-state index in [4.69, 9.17) is 16.3 Å². The molecule has 0 amide bonds. The summed E-state index contributed by atoms with van der Waals surface area (Å²) >= 11 is 6.13. The molecule has 1 heterocycles. The molecule has 2 aromatic carbocycles. The SMILES string of the molecule is COc1ccc(S(=O)(=O)Nc2cnn(Cc3ccccc3Cl)c2)cc1. The van der Waals surface area contributed by atoms with Crippen LogP contribution < -0.4 is 9.46 Å². The molecule has 0 aliphatic heterocycles. The molecule has 0 aliphatic carbocycles. The van der Waals surface area contributed by atoms with Gasteiger partial charge in [0.15, 0.2) is 0 Å². The Morgan fingerprint density at radius 1 is 1.16 bits per heavy atom. The molecule has 0 radical (unpaired) electrons. The summed E-state index contributed by atoms with van der Waals surface area (Å²) in [4.78, 5) is 0.146. The summed E-state index contributed by atoms with van der Waals surface area (Å²) in [6.07, 6.45) is 3.07. The molecule has 0 unspecified atom stereocenters. The minimum absolute atomic E-state index is 0.146. The van der Waals surface area contributed by atoms with Crippen molar-refractivity contribution >= 4 is 27.3 Å². The van der Waals surface area contributed by atoms with Crippen molar-refractivity contribution in [3.05, 3.63) is 71.5 Å². The standard InChI is InChI=1S/C17H16ClN3O3S/c1-24-15-6-8-16(9-7-15)25(22,23)20-14-10-19-21(12-14)11-13-4-2-3-5-17(13)18/h2-10,12,20H,11H2,1H3. The molecule has 6 nitrogen and oxygen atoms in total. The lowest BCUT2D eigenvalue weighted by Crippen LogP contribution is -2.12. The second-order valence-electron chi connectivity index (χ2n) is 5.30. The van der Waals surface area contributed by atoms with Gasteiger partial charge in [0.2, 0.25) is 0 Å². The van der Waals surface area contributed by atoms with E-state index in [-0.39, 0.29) is 4.90 Å². The maximum Gasteiger partial charge on any atom is 0.261 e. The lowest BCUT2D eigenvalue weighted by atomic mass is 10.2. The van der Waals surface area contributed by atoms with Crippen molar-refractivity contribution in [2.24, 2.45) is 0 Å². The second-order valence-corrected chi connectivity index (χ2v) is 7.39. The molecule has 0 bridgehead atoms. The maximum atomic E-state index is 12.4. The van der Waals surface area contributed by atoms with Crippen molar-refractivity contribution < 1.29 is 13.2 Å². The average Bonchev–Trinajstić information content (AvgIpc) is 3.03. The number of hydrogen-bond donors (Lipinski definition) is 1. The van der Waals surface area contributed by atoms with Gasteiger partial charge < -0.3 is 4.74 Å². The summed E-state index contributed by atoms with van der Waals surface area (Å²) in [7, 11) is -2.17. The Bertz CT molecular complexity index is 969. The Morgan fingerprint density at radius 2 is 1.88 bits per heavy atom. The number of halogens is 1. The predicted octanol–water partition coefficient (Wildman–Crippen LogP) is 3.39. The van der Waals surface area contributed by atoms with Crippen LogP contribution in [0.5, 0.6) is 5.75 Å². The van der Waals surface area contributed by atoms with Crippen molar-refractivity contribution in [3.63, 3.8) is 0 Å². The third kappa shape index (κ3) is 4.12. The van der Waals surface area contributed by atoms with Crippen LogP contribution in [0.1, 0.15) is 5.56 Å². The predicted molar refractivity (Wildman–Crippen MR) is 96.6 cm³/mol.